The van der Waals surface area contributed by atoms with Gasteiger partial charge in [0.1, 0.15) is 4.88 Å². The highest BCUT2D eigenvalue weighted by Gasteiger charge is 2.29. The Labute approximate surface area is 188 Å². The summed E-state index contributed by atoms with van der Waals surface area (Å²) in [5.74, 6) is 5.32. The monoisotopic (exact) mass is 459 g/mol. The average Bonchev–Trinajstić information content (AvgIpc) is 3.11. The molecule has 0 aliphatic heterocycles. The Hall–Kier alpha value is -2.06. The Morgan fingerprint density at radius 2 is 1.84 bits per heavy atom. The summed E-state index contributed by atoms with van der Waals surface area (Å²) >= 11 is 1.21. The lowest BCUT2D eigenvalue weighted by Gasteiger charge is -2.31. The van der Waals surface area contributed by atoms with Gasteiger partial charge in [-0.05, 0) is 64.7 Å². The number of hydrogen-bond donors (Lipinski definition) is 2. The van der Waals surface area contributed by atoms with Gasteiger partial charge in [0.25, 0.3) is 0 Å². The largest absolute Gasteiger partial charge is 0.477 e. The number of carboxylic acid groups (broad SMARTS) is 1. The summed E-state index contributed by atoms with van der Waals surface area (Å²) in [4.78, 5) is 12.7. The van der Waals surface area contributed by atoms with Crippen molar-refractivity contribution in [2.75, 3.05) is 12.0 Å². The highest BCUT2D eigenvalue weighted by molar-refractivity contribution is 7.66. The molecule has 5 nitrogen and oxygen atoms in total. The molecule has 0 spiro atoms. The Balaban J connectivity index is 1.62. The van der Waals surface area contributed by atoms with Crippen molar-refractivity contribution >= 4 is 35.7 Å². The van der Waals surface area contributed by atoms with Gasteiger partial charge in [-0.15, -0.1) is 11.3 Å². The summed E-state index contributed by atoms with van der Waals surface area (Å²) in [6.07, 6.45) is 3.18. The van der Waals surface area contributed by atoms with Gasteiger partial charge in [-0.1, -0.05) is 30.0 Å². The molecule has 1 heterocycles. The molecule has 3 rings (SSSR count). The number of thiophene rings is 1. The smallest absolute Gasteiger partial charge is 0.348 e. The maximum atomic E-state index is 13.0. The van der Waals surface area contributed by atoms with Crippen molar-refractivity contribution in [3.8, 4) is 11.8 Å². The van der Waals surface area contributed by atoms with Crippen molar-refractivity contribution in [1.29, 1.82) is 0 Å². The second-order valence-corrected chi connectivity index (χ2v) is 12.5. The highest BCUT2D eigenvalue weighted by Crippen LogP contribution is 2.45. The predicted octanol–water partition coefficient (Wildman–Crippen LogP) is 5.82. The van der Waals surface area contributed by atoms with Crippen molar-refractivity contribution in [3.05, 3.63) is 46.2 Å². The summed E-state index contributed by atoms with van der Waals surface area (Å²) in [6, 6.07) is 11.3. The minimum Gasteiger partial charge on any atom is -0.477 e. The molecular formula is C24H30NO4PS. The maximum absolute atomic E-state index is 13.0. The van der Waals surface area contributed by atoms with E-state index in [4.69, 9.17) is 4.52 Å². The molecule has 1 aliphatic carbocycles. The third kappa shape index (κ3) is 6.71. The zero-order chi connectivity index (χ0) is 22.6. The van der Waals surface area contributed by atoms with Crippen molar-refractivity contribution in [2.45, 2.75) is 58.6 Å². The summed E-state index contributed by atoms with van der Waals surface area (Å²) in [5, 5.41) is 13.7. The van der Waals surface area contributed by atoms with Crippen LogP contribution in [0.15, 0.2) is 36.4 Å². The van der Waals surface area contributed by atoms with E-state index in [9.17, 15) is 14.5 Å². The Kier molecular flexibility index (Phi) is 7.31. The zero-order valence-electron chi connectivity index (χ0n) is 18.5. The van der Waals surface area contributed by atoms with E-state index in [0.29, 0.717) is 10.6 Å². The SMILES string of the molecule is CC(C)(C)C#Cc1cc(NC2CCC(OP(C)(=O)c3ccccc3)CC2)c(C(=O)O)s1. The number of nitrogens with one attached hydrogen (secondary N) is 1. The van der Waals surface area contributed by atoms with Crippen LogP contribution in [0.3, 0.4) is 0 Å². The third-order valence-electron chi connectivity index (χ3n) is 5.10. The number of anilines is 1. The van der Waals surface area contributed by atoms with E-state index in [1.165, 1.54) is 11.3 Å². The first-order chi connectivity index (χ1) is 14.5. The number of carbonyl (C=O) groups is 1. The molecule has 1 saturated carbocycles. The molecule has 31 heavy (non-hydrogen) atoms. The molecule has 1 aromatic heterocycles. The van der Waals surface area contributed by atoms with Gasteiger partial charge in [-0.25, -0.2) is 4.79 Å². The van der Waals surface area contributed by atoms with Crippen LogP contribution in [-0.4, -0.2) is 29.9 Å². The van der Waals surface area contributed by atoms with E-state index in [1.807, 2.05) is 57.2 Å². The number of rotatable bonds is 6. The molecule has 0 amide bonds. The Morgan fingerprint density at radius 1 is 1.19 bits per heavy atom. The van der Waals surface area contributed by atoms with Crippen molar-refractivity contribution in [2.24, 2.45) is 5.41 Å². The molecule has 166 valence electrons. The van der Waals surface area contributed by atoms with Gasteiger partial charge in [-0.3, -0.25) is 4.57 Å². The Morgan fingerprint density at radius 3 is 2.42 bits per heavy atom. The number of aromatic carboxylic acids is 1. The molecule has 0 saturated heterocycles. The average molecular weight is 460 g/mol. The topological polar surface area (TPSA) is 75.6 Å². The van der Waals surface area contributed by atoms with Crippen molar-refractivity contribution in [3.63, 3.8) is 0 Å². The third-order valence-corrected chi connectivity index (χ3v) is 8.07. The lowest BCUT2D eigenvalue weighted by atomic mass is 9.93. The summed E-state index contributed by atoms with van der Waals surface area (Å²) in [5.41, 5.74) is 0.489. The van der Waals surface area contributed by atoms with E-state index < -0.39 is 13.3 Å². The van der Waals surface area contributed by atoms with Crippen LogP contribution in [0.4, 0.5) is 5.69 Å². The molecule has 1 atom stereocenters. The van der Waals surface area contributed by atoms with Crippen LogP contribution in [0, 0.1) is 17.3 Å². The fourth-order valence-corrected chi connectivity index (χ4v) is 5.97. The molecule has 1 aromatic carbocycles. The van der Waals surface area contributed by atoms with Crippen molar-refractivity contribution < 1.29 is 19.0 Å². The van der Waals surface area contributed by atoms with Gasteiger partial charge in [-0.2, -0.15) is 0 Å². The van der Waals surface area contributed by atoms with Crippen molar-refractivity contribution in [1.82, 2.24) is 0 Å². The Bertz CT molecular complexity index is 1020. The van der Waals surface area contributed by atoms with Gasteiger partial charge in [0.15, 0.2) is 0 Å². The first kappa shape index (κ1) is 23.6. The van der Waals surface area contributed by atoms with Crippen LogP contribution >= 0.6 is 18.7 Å². The molecule has 1 fully saturated rings. The second kappa shape index (κ2) is 9.61. The highest BCUT2D eigenvalue weighted by atomic mass is 32.1. The van der Waals surface area contributed by atoms with Gasteiger partial charge in [0.2, 0.25) is 7.37 Å². The van der Waals surface area contributed by atoms with Crippen LogP contribution in [0.2, 0.25) is 0 Å². The molecule has 1 aliphatic rings. The number of hydrogen-bond acceptors (Lipinski definition) is 5. The van der Waals surface area contributed by atoms with Crippen LogP contribution in [-0.2, 0) is 9.09 Å². The minimum atomic E-state index is -2.85. The van der Waals surface area contributed by atoms with Crippen LogP contribution in [0.1, 0.15) is 61.0 Å². The number of benzene rings is 1. The van der Waals surface area contributed by atoms with E-state index in [1.54, 1.807) is 6.66 Å². The lowest BCUT2D eigenvalue weighted by Crippen LogP contribution is -2.30. The lowest BCUT2D eigenvalue weighted by molar-refractivity contribution is 0.0703. The van der Waals surface area contributed by atoms with Gasteiger partial charge in [0.05, 0.1) is 16.7 Å². The normalized spacial score (nSPS) is 20.9. The summed E-state index contributed by atoms with van der Waals surface area (Å²) in [6.45, 7) is 7.76. The molecule has 2 aromatic rings. The van der Waals surface area contributed by atoms with Crippen LogP contribution in [0.25, 0.3) is 0 Å². The van der Waals surface area contributed by atoms with Gasteiger partial charge >= 0.3 is 5.97 Å². The van der Waals surface area contributed by atoms with Crippen LogP contribution in [0.5, 0.6) is 0 Å². The molecule has 7 heteroatoms. The maximum Gasteiger partial charge on any atom is 0.348 e. The zero-order valence-corrected chi connectivity index (χ0v) is 20.2. The summed E-state index contributed by atoms with van der Waals surface area (Å²) < 4.78 is 19.0. The van der Waals surface area contributed by atoms with Gasteiger partial charge < -0.3 is 14.9 Å². The van der Waals surface area contributed by atoms with Gasteiger partial charge in [0, 0.05) is 23.4 Å². The summed E-state index contributed by atoms with van der Waals surface area (Å²) in [7, 11) is -2.85. The predicted molar refractivity (Wildman–Crippen MR) is 128 cm³/mol. The second-order valence-electron chi connectivity index (χ2n) is 9.06. The van der Waals surface area contributed by atoms with E-state index in [0.717, 1.165) is 35.9 Å². The molecule has 1 unspecified atom stereocenters. The fourth-order valence-electron chi connectivity index (χ4n) is 3.54. The minimum absolute atomic E-state index is 0.0521. The first-order valence-electron chi connectivity index (χ1n) is 10.5. The molecule has 2 N–H and O–H groups in total. The van der Waals surface area contributed by atoms with E-state index in [-0.39, 0.29) is 17.6 Å². The molecule has 0 radical (unpaired) electrons. The van der Waals surface area contributed by atoms with E-state index >= 15 is 0 Å². The quantitative estimate of drug-likeness (QED) is 0.421. The number of carboxylic acids is 1. The fraction of sp³-hybridized carbons (Fsp3) is 0.458. The molecular weight excluding hydrogens is 429 g/mol. The molecule has 0 bridgehead atoms. The van der Waals surface area contributed by atoms with E-state index in [2.05, 4.69) is 17.2 Å². The standard InChI is InChI=1S/C24H30NO4PS/c1-24(2,3)15-14-20-16-21(22(31-20)23(26)27)25-17-10-12-18(13-11-17)29-30(4,28)19-8-6-5-7-9-19/h5-9,16-18,25H,10-13H2,1-4H3,(H,26,27). The van der Waals surface area contributed by atoms with Crippen LogP contribution < -0.4 is 10.6 Å². The first-order valence-corrected chi connectivity index (χ1v) is 13.4.